The Morgan fingerprint density at radius 1 is 1.16 bits per heavy atom. The second-order valence-electron chi connectivity index (χ2n) is 8.29. The minimum absolute atomic E-state index is 0.0150. The van der Waals surface area contributed by atoms with Crippen LogP contribution in [0.4, 0.5) is 5.69 Å². The Kier molecular flexibility index (Phi) is 5.38. The van der Waals surface area contributed by atoms with E-state index in [-0.39, 0.29) is 11.5 Å². The molecule has 1 amide bonds. The molecule has 1 aromatic carbocycles. The van der Waals surface area contributed by atoms with E-state index in [1.165, 1.54) is 11.3 Å². The van der Waals surface area contributed by atoms with Crippen LogP contribution in [0.5, 0.6) is 0 Å². The highest BCUT2D eigenvalue weighted by Crippen LogP contribution is 2.29. The first kappa shape index (κ1) is 20.6. The first-order valence-electron chi connectivity index (χ1n) is 10.9. The van der Waals surface area contributed by atoms with E-state index in [0.29, 0.717) is 27.2 Å². The van der Waals surface area contributed by atoms with Gasteiger partial charge in [-0.15, -0.1) is 11.3 Å². The minimum atomic E-state index is -0.205. The predicted octanol–water partition coefficient (Wildman–Crippen LogP) is 4.30. The zero-order chi connectivity index (χ0) is 22.2. The van der Waals surface area contributed by atoms with E-state index in [9.17, 15) is 9.59 Å². The van der Waals surface area contributed by atoms with Gasteiger partial charge in [0, 0.05) is 37.6 Å². The van der Waals surface area contributed by atoms with Gasteiger partial charge in [0.05, 0.1) is 10.3 Å². The minimum Gasteiger partial charge on any atom is -0.331 e. The SMILES string of the molecule is Cc1c(C(=O)Nc2ccc(Cn3ccnc3C)cc2)sc2nc3n(c(=O)c12)CCCCC3. The van der Waals surface area contributed by atoms with Crippen LogP contribution in [0.2, 0.25) is 0 Å². The maximum Gasteiger partial charge on any atom is 0.266 e. The van der Waals surface area contributed by atoms with Crippen LogP contribution in [0.25, 0.3) is 10.2 Å². The maximum absolute atomic E-state index is 13.1. The van der Waals surface area contributed by atoms with Crippen molar-refractivity contribution in [2.24, 2.45) is 0 Å². The zero-order valence-electron chi connectivity index (χ0n) is 18.2. The topological polar surface area (TPSA) is 81.8 Å². The Balaban J connectivity index is 1.39. The molecule has 164 valence electrons. The van der Waals surface area contributed by atoms with E-state index in [0.717, 1.165) is 55.1 Å². The summed E-state index contributed by atoms with van der Waals surface area (Å²) in [6, 6.07) is 7.80. The third-order valence-electron chi connectivity index (χ3n) is 6.11. The highest BCUT2D eigenvalue weighted by atomic mass is 32.1. The lowest BCUT2D eigenvalue weighted by molar-refractivity contribution is 0.103. The third kappa shape index (κ3) is 3.75. The molecule has 7 nitrogen and oxygen atoms in total. The first-order valence-corrected chi connectivity index (χ1v) is 11.7. The maximum atomic E-state index is 13.1. The lowest BCUT2D eigenvalue weighted by Gasteiger charge is -2.08. The van der Waals surface area contributed by atoms with E-state index in [4.69, 9.17) is 4.98 Å². The summed E-state index contributed by atoms with van der Waals surface area (Å²) in [6.45, 7) is 5.26. The third-order valence-corrected chi connectivity index (χ3v) is 7.29. The van der Waals surface area contributed by atoms with E-state index in [1.807, 2.05) is 44.3 Å². The average Bonchev–Trinajstić information content (AvgIpc) is 3.23. The molecule has 3 aromatic heterocycles. The quantitative estimate of drug-likeness (QED) is 0.506. The molecule has 4 heterocycles. The van der Waals surface area contributed by atoms with Crippen LogP contribution in [-0.2, 0) is 19.5 Å². The van der Waals surface area contributed by atoms with Crippen molar-refractivity contribution in [1.29, 1.82) is 0 Å². The summed E-state index contributed by atoms with van der Waals surface area (Å²) in [5.74, 6) is 1.60. The largest absolute Gasteiger partial charge is 0.331 e. The molecule has 0 aliphatic carbocycles. The molecule has 1 N–H and O–H groups in total. The number of hydrogen-bond acceptors (Lipinski definition) is 5. The molecule has 0 bridgehead atoms. The molecular formula is C24H25N5O2S. The lowest BCUT2D eigenvalue weighted by Crippen LogP contribution is -2.24. The van der Waals surface area contributed by atoms with Gasteiger partial charge in [-0.25, -0.2) is 9.97 Å². The molecule has 8 heteroatoms. The van der Waals surface area contributed by atoms with Crippen molar-refractivity contribution in [3.8, 4) is 0 Å². The van der Waals surface area contributed by atoms with E-state index in [2.05, 4.69) is 14.9 Å². The Morgan fingerprint density at radius 3 is 2.72 bits per heavy atom. The number of carbonyl (C=O) groups excluding carboxylic acids is 1. The number of anilines is 1. The molecule has 0 spiro atoms. The molecule has 1 aliphatic rings. The van der Waals surface area contributed by atoms with Crippen molar-refractivity contribution >= 4 is 33.1 Å². The standard InChI is InChI=1S/C24H25N5O2S/c1-15-20-23(27-19-6-4-3-5-12-29(19)24(20)31)32-21(15)22(30)26-18-9-7-17(8-10-18)14-28-13-11-25-16(28)2/h7-11,13H,3-6,12,14H2,1-2H3,(H,26,30). The van der Waals surface area contributed by atoms with Crippen LogP contribution >= 0.6 is 11.3 Å². The molecular weight excluding hydrogens is 422 g/mol. The number of nitrogens with one attached hydrogen (secondary N) is 1. The van der Waals surface area contributed by atoms with Crippen LogP contribution in [0.1, 0.15) is 51.7 Å². The van der Waals surface area contributed by atoms with Crippen molar-refractivity contribution in [2.75, 3.05) is 5.32 Å². The smallest absolute Gasteiger partial charge is 0.266 e. The average molecular weight is 448 g/mol. The Hall–Kier alpha value is -3.26. The van der Waals surface area contributed by atoms with Gasteiger partial charge in [-0.2, -0.15) is 0 Å². The molecule has 0 saturated heterocycles. The number of hydrogen-bond donors (Lipinski definition) is 1. The number of carbonyl (C=O) groups is 1. The summed E-state index contributed by atoms with van der Waals surface area (Å²) < 4.78 is 3.87. The highest BCUT2D eigenvalue weighted by molar-refractivity contribution is 7.20. The van der Waals surface area contributed by atoms with Crippen LogP contribution in [0.3, 0.4) is 0 Å². The number of thiophene rings is 1. The summed E-state index contributed by atoms with van der Waals surface area (Å²) in [5, 5.41) is 3.55. The van der Waals surface area contributed by atoms with Gasteiger partial charge in [-0.3, -0.25) is 14.2 Å². The van der Waals surface area contributed by atoms with Gasteiger partial charge in [0.2, 0.25) is 0 Å². The molecule has 0 radical (unpaired) electrons. The first-order chi connectivity index (χ1) is 15.5. The summed E-state index contributed by atoms with van der Waals surface area (Å²) in [6.07, 6.45) is 7.71. The van der Waals surface area contributed by atoms with Gasteiger partial charge in [0.25, 0.3) is 11.5 Å². The summed E-state index contributed by atoms with van der Waals surface area (Å²) in [5.41, 5.74) is 2.55. The van der Waals surface area contributed by atoms with Gasteiger partial charge < -0.3 is 9.88 Å². The second kappa shape index (κ2) is 8.35. The van der Waals surface area contributed by atoms with Gasteiger partial charge in [-0.1, -0.05) is 18.6 Å². The lowest BCUT2D eigenvalue weighted by atomic mass is 10.2. The van der Waals surface area contributed by atoms with Crippen LogP contribution in [-0.4, -0.2) is 25.0 Å². The number of imidazole rings is 1. The molecule has 0 fully saturated rings. The molecule has 0 saturated carbocycles. The van der Waals surface area contributed by atoms with Crippen molar-refractivity contribution < 1.29 is 4.79 Å². The van der Waals surface area contributed by atoms with Gasteiger partial charge in [-0.05, 0) is 49.9 Å². The number of aromatic nitrogens is 4. The van der Waals surface area contributed by atoms with Crippen molar-refractivity contribution in [1.82, 2.24) is 19.1 Å². The fraction of sp³-hybridized carbons (Fsp3) is 0.333. The highest BCUT2D eigenvalue weighted by Gasteiger charge is 2.22. The molecule has 4 aromatic rings. The van der Waals surface area contributed by atoms with Crippen LogP contribution < -0.4 is 10.9 Å². The van der Waals surface area contributed by atoms with Crippen LogP contribution in [0, 0.1) is 13.8 Å². The fourth-order valence-electron chi connectivity index (χ4n) is 4.28. The van der Waals surface area contributed by atoms with Crippen LogP contribution in [0.15, 0.2) is 41.5 Å². The number of amides is 1. The Morgan fingerprint density at radius 2 is 1.97 bits per heavy atom. The van der Waals surface area contributed by atoms with E-state index < -0.39 is 0 Å². The summed E-state index contributed by atoms with van der Waals surface area (Å²) >= 11 is 1.31. The number of rotatable bonds is 4. The molecule has 32 heavy (non-hydrogen) atoms. The molecule has 0 atom stereocenters. The van der Waals surface area contributed by atoms with E-state index in [1.54, 1.807) is 10.8 Å². The monoisotopic (exact) mass is 447 g/mol. The van der Waals surface area contributed by atoms with Gasteiger partial charge in [0.1, 0.15) is 16.5 Å². The van der Waals surface area contributed by atoms with Crippen molar-refractivity contribution in [3.05, 3.63) is 74.7 Å². The summed E-state index contributed by atoms with van der Waals surface area (Å²) in [7, 11) is 0. The number of fused-ring (bicyclic) bond motifs is 2. The fourth-order valence-corrected chi connectivity index (χ4v) is 5.36. The number of aryl methyl sites for hydroxylation is 3. The van der Waals surface area contributed by atoms with Gasteiger partial charge in [0.15, 0.2) is 0 Å². The zero-order valence-corrected chi connectivity index (χ0v) is 19.0. The molecule has 1 aliphatic heterocycles. The second-order valence-corrected chi connectivity index (χ2v) is 9.28. The number of nitrogens with zero attached hydrogens (tertiary/aromatic N) is 4. The van der Waals surface area contributed by atoms with Crippen molar-refractivity contribution in [3.63, 3.8) is 0 Å². The summed E-state index contributed by atoms with van der Waals surface area (Å²) in [4.78, 5) is 36.4. The van der Waals surface area contributed by atoms with E-state index >= 15 is 0 Å². The Labute approximate surface area is 189 Å². The number of benzene rings is 1. The molecule has 0 unspecified atom stereocenters. The van der Waals surface area contributed by atoms with Crippen molar-refractivity contribution in [2.45, 2.75) is 52.6 Å². The Bertz CT molecular complexity index is 1360. The predicted molar refractivity (Wildman–Crippen MR) is 127 cm³/mol. The van der Waals surface area contributed by atoms with Gasteiger partial charge >= 0.3 is 0 Å². The normalized spacial score (nSPS) is 13.7. The molecule has 5 rings (SSSR count).